The molecule has 0 aromatic heterocycles. The third-order valence-electron chi connectivity index (χ3n) is 2.83. The standard InChI is InChI=1S/C15H16N2O5S/c1-21-13-8-7-12(22-10-15(16)18)9-14(13)23(19,20)17-11-5-3-2-4-6-11/h2-9,17H,10H2,1H3,(H2,16,18). The van der Waals surface area contributed by atoms with Gasteiger partial charge < -0.3 is 15.2 Å². The molecule has 0 radical (unpaired) electrons. The molecule has 0 saturated carbocycles. The van der Waals surface area contributed by atoms with Gasteiger partial charge in [-0.25, -0.2) is 8.42 Å². The van der Waals surface area contributed by atoms with Gasteiger partial charge >= 0.3 is 0 Å². The van der Waals surface area contributed by atoms with E-state index in [9.17, 15) is 13.2 Å². The number of primary amides is 1. The first-order valence-corrected chi connectivity index (χ1v) is 8.07. The summed E-state index contributed by atoms with van der Waals surface area (Å²) in [5.74, 6) is -0.314. The van der Waals surface area contributed by atoms with Gasteiger partial charge in [-0.1, -0.05) is 18.2 Å². The van der Waals surface area contributed by atoms with Crippen molar-refractivity contribution in [1.29, 1.82) is 0 Å². The molecule has 0 saturated heterocycles. The second-order valence-corrected chi connectivity index (χ2v) is 6.19. The van der Waals surface area contributed by atoms with Crippen LogP contribution in [0.2, 0.25) is 0 Å². The van der Waals surface area contributed by atoms with Crippen LogP contribution in [0.25, 0.3) is 0 Å². The van der Waals surface area contributed by atoms with E-state index in [4.69, 9.17) is 15.2 Å². The van der Waals surface area contributed by atoms with Crippen LogP contribution in [-0.4, -0.2) is 28.0 Å². The van der Waals surface area contributed by atoms with E-state index in [0.29, 0.717) is 5.69 Å². The van der Waals surface area contributed by atoms with Gasteiger partial charge in [0.25, 0.3) is 15.9 Å². The zero-order valence-electron chi connectivity index (χ0n) is 12.4. The minimum absolute atomic E-state index is 0.106. The van der Waals surface area contributed by atoms with Gasteiger partial charge in [0.1, 0.15) is 16.4 Å². The zero-order valence-corrected chi connectivity index (χ0v) is 13.2. The molecule has 0 atom stereocenters. The lowest BCUT2D eigenvalue weighted by atomic mass is 10.3. The van der Waals surface area contributed by atoms with Gasteiger partial charge in [-0.3, -0.25) is 9.52 Å². The number of sulfonamides is 1. The molecule has 8 heteroatoms. The normalized spacial score (nSPS) is 10.8. The first-order valence-electron chi connectivity index (χ1n) is 6.59. The Labute approximate surface area is 134 Å². The molecule has 1 amide bonds. The van der Waals surface area contributed by atoms with Gasteiger partial charge in [0.15, 0.2) is 6.61 Å². The van der Waals surface area contributed by atoms with Crippen LogP contribution in [0.1, 0.15) is 0 Å². The number of carbonyl (C=O) groups excluding carboxylic acids is 1. The maximum Gasteiger partial charge on any atom is 0.265 e. The van der Waals surface area contributed by atoms with Crippen LogP contribution in [-0.2, 0) is 14.8 Å². The molecule has 7 nitrogen and oxygen atoms in total. The molecule has 0 fully saturated rings. The maximum absolute atomic E-state index is 12.5. The van der Waals surface area contributed by atoms with Gasteiger partial charge in [0, 0.05) is 11.8 Å². The van der Waals surface area contributed by atoms with E-state index in [1.165, 1.54) is 25.3 Å². The predicted octanol–water partition coefficient (Wildman–Crippen LogP) is 1.36. The molecule has 2 rings (SSSR count). The number of hydrogen-bond acceptors (Lipinski definition) is 5. The van der Waals surface area contributed by atoms with Crippen molar-refractivity contribution < 1.29 is 22.7 Å². The number of rotatable bonds is 7. The lowest BCUT2D eigenvalue weighted by Gasteiger charge is -2.13. The summed E-state index contributed by atoms with van der Waals surface area (Å²) in [6.45, 7) is -0.349. The molecule has 0 bridgehead atoms. The quantitative estimate of drug-likeness (QED) is 0.794. The Morgan fingerprint density at radius 1 is 1.17 bits per heavy atom. The molecule has 0 spiro atoms. The molecule has 0 heterocycles. The molecular formula is C15H16N2O5S. The van der Waals surface area contributed by atoms with Crippen LogP contribution < -0.4 is 19.9 Å². The SMILES string of the molecule is COc1ccc(OCC(N)=O)cc1S(=O)(=O)Nc1ccccc1. The smallest absolute Gasteiger partial charge is 0.265 e. The van der Waals surface area contributed by atoms with Crippen molar-refractivity contribution >= 4 is 21.6 Å². The summed E-state index contributed by atoms with van der Waals surface area (Å²) in [7, 11) is -2.53. The number of nitrogens with two attached hydrogens (primary N) is 1. The van der Waals surface area contributed by atoms with E-state index in [-0.39, 0.29) is 23.0 Å². The molecule has 2 aromatic carbocycles. The highest BCUT2D eigenvalue weighted by Crippen LogP contribution is 2.29. The Hall–Kier alpha value is -2.74. The van der Waals surface area contributed by atoms with Crippen LogP contribution in [0.4, 0.5) is 5.69 Å². The highest BCUT2D eigenvalue weighted by Gasteiger charge is 2.21. The molecule has 0 aliphatic rings. The Morgan fingerprint density at radius 3 is 2.48 bits per heavy atom. The van der Waals surface area contributed by atoms with Gasteiger partial charge in [-0.2, -0.15) is 0 Å². The number of methoxy groups -OCH3 is 1. The van der Waals surface area contributed by atoms with Crippen LogP contribution in [0, 0.1) is 0 Å². The monoisotopic (exact) mass is 336 g/mol. The van der Waals surface area contributed by atoms with Crippen molar-refractivity contribution in [3.8, 4) is 11.5 Å². The van der Waals surface area contributed by atoms with Crippen molar-refractivity contribution in [2.45, 2.75) is 4.90 Å². The van der Waals surface area contributed by atoms with E-state index in [1.54, 1.807) is 30.3 Å². The summed E-state index contributed by atoms with van der Waals surface area (Å²) >= 11 is 0. The molecular weight excluding hydrogens is 320 g/mol. The van der Waals surface area contributed by atoms with E-state index < -0.39 is 15.9 Å². The Morgan fingerprint density at radius 2 is 1.87 bits per heavy atom. The van der Waals surface area contributed by atoms with Crippen molar-refractivity contribution in [1.82, 2.24) is 0 Å². The Balaban J connectivity index is 2.34. The molecule has 0 aliphatic heterocycles. The number of amides is 1. The summed E-state index contributed by atoms with van der Waals surface area (Å²) < 4.78 is 37.7. The van der Waals surface area contributed by atoms with Crippen LogP contribution in [0.3, 0.4) is 0 Å². The van der Waals surface area contributed by atoms with E-state index in [2.05, 4.69) is 4.72 Å². The molecule has 3 N–H and O–H groups in total. The van der Waals surface area contributed by atoms with Gasteiger partial charge in [-0.15, -0.1) is 0 Å². The van der Waals surface area contributed by atoms with Crippen LogP contribution >= 0.6 is 0 Å². The first-order chi connectivity index (χ1) is 10.9. The lowest BCUT2D eigenvalue weighted by molar-refractivity contribution is -0.119. The minimum Gasteiger partial charge on any atom is -0.495 e. The number of anilines is 1. The van der Waals surface area contributed by atoms with Crippen molar-refractivity contribution in [3.63, 3.8) is 0 Å². The molecule has 23 heavy (non-hydrogen) atoms. The molecule has 122 valence electrons. The van der Waals surface area contributed by atoms with Crippen molar-refractivity contribution in [3.05, 3.63) is 48.5 Å². The van der Waals surface area contributed by atoms with Crippen LogP contribution in [0.5, 0.6) is 11.5 Å². The Kier molecular flexibility index (Phi) is 5.07. The fraction of sp³-hybridized carbons (Fsp3) is 0.133. The average molecular weight is 336 g/mol. The first kappa shape index (κ1) is 16.6. The lowest BCUT2D eigenvalue weighted by Crippen LogP contribution is -2.20. The van der Waals surface area contributed by atoms with Crippen molar-refractivity contribution in [2.24, 2.45) is 5.73 Å². The fourth-order valence-corrected chi connectivity index (χ4v) is 3.07. The predicted molar refractivity (Wildman–Crippen MR) is 84.9 cm³/mol. The van der Waals surface area contributed by atoms with Gasteiger partial charge in [-0.05, 0) is 24.3 Å². The number of carbonyl (C=O) groups is 1. The second-order valence-electron chi connectivity index (χ2n) is 4.54. The summed E-state index contributed by atoms with van der Waals surface area (Å²) in [5, 5.41) is 0. The largest absolute Gasteiger partial charge is 0.495 e. The highest BCUT2D eigenvalue weighted by molar-refractivity contribution is 7.92. The number of ether oxygens (including phenoxy) is 2. The third-order valence-corrected chi connectivity index (χ3v) is 4.23. The van der Waals surface area contributed by atoms with E-state index in [1.807, 2.05) is 0 Å². The number of benzene rings is 2. The minimum atomic E-state index is -3.89. The number of para-hydroxylation sites is 1. The van der Waals surface area contributed by atoms with Gasteiger partial charge in [0.05, 0.1) is 7.11 Å². The summed E-state index contributed by atoms with van der Waals surface area (Å²) in [5.41, 5.74) is 5.42. The molecule has 0 unspecified atom stereocenters. The number of hydrogen-bond donors (Lipinski definition) is 2. The molecule has 2 aromatic rings. The third kappa shape index (κ3) is 4.36. The topological polar surface area (TPSA) is 108 Å². The summed E-state index contributed by atoms with van der Waals surface area (Å²) in [4.78, 5) is 10.7. The number of nitrogens with one attached hydrogen (secondary N) is 1. The fourth-order valence-electron chi connectivity index (χ4n) is 1.83. The zero-order chi connectivity index (χ0) is 16.9. The average Bonchev–Trinajstić information content (AvgIpc) is 2.53. The van der Waals surface area contributed by atoms with E-state index >= 15 is 0 Å². The van der Waals surface area contributed by atoms with Crippen molar-refractivity contribution in [2.75, 3.05) is 18.4 Å². The maximum atomic E-state index is 12.5. The van der Waals surface area contributed by atoms with Crippen LogP contribution in [0.15, 0.2) is 53.4 Å². The van der Waals surface area contributed by atoms with E-state index in [0.717, 1.165) is 0 Å². The molecule has 0 aliphatic carbocycles. The second kappa shape index (κ2) is 7.01. The summed E-state index contributed by atoms with van der Waals surface area (Å²) in [6, 6.07) is 12.6. The summed E-state index contributed by atoms with van der Waals surface area (Å²) in [6.07, 6.45) is 0. The van der Waals surface area contributed by atoms with Gasteiger partial charge in [0.2, 0.25) is 0 Å². The Bertz CT molecular complexity index is 791. The highest BCUT2D eigenvalue weighted by atomic mass is 32.2.